The van der Waals surface area contributed by atoms with E-state index >= 15 is 0 Å². The van der Waals surface area contributed by atoms with E-state index in [0.717, 1.165) is 0 Å². The topological polar surface area (TPSA) is 172 Å². The van der Waals surface area contributed by atoms with Gasteiger partial charge in [-0.3, -0.25) is 4.79 Å². The summed E-state index contributed by atoms with van der Waals surface area (Å²) in [5, 5.41) is 4.13. The number of amides is 3. The predicted octanol–water partition coefficient (Wildman–Crippen LogP) is -4.49. The van der Waals surface area contributed by atoms with Crippen LogP contribution in [-0.2, 0) is 14.7 Å². The molecule has 14 heteroatoms. The molecule has 2 aliphatic heterocycles. The van der Waals surface area contributed by atoms with Gasteiger partial charge in [0.05, 0.1) is 12.1 Å². The molecule has 1 aromatic heterocycles. The van der Waals surface area contributed by atoms with Crippen LogP contribution in [-0.4, -0.2) is 57.6 Å². The van der Waals surface area contributed by atoms with Crippen molar-refractivity contribution < 1.29 is 60.9 Å². The van der Waals surface area contributed by atoms with Crippen molar-refractivity contribution in [3.05, 3.63) is 11.7 Å². The second-order valence-corrected chi connectivity index (χ2v) is 5.78. The van der Waals surface area contributed by atoms with Crippen molar-refractivity contribution in [2.45, 2.75) is 24.9 Å². The number of nitrogens with two attached hydrogens (primary N) is 1. The molecule has 23 heavy (non-hydrogen) atoms. The number of aromatic nitrogens is 2. The molecular weight excluding hydrogens is 345 g/mol. The van der Waals surface area contributed by atoms with Crippen LogP contribution in [0.25, 0.3) is 0 Å². The van der Waals surface area contributed by atoms with E-state index in [1.807, 2.05) is 0 Å². The third-order valence-corrected chi connectivity index (χ3v) is 3.79. The van der Waals surface area contributed by atoms with Crippen LogP contribution in [0.5, 0.6) is 0 Å². The van der Waals surface area contributed by atoms with Crippen molar-refractivity contribution in [3.8, 4) is 0 Å². The number of nitrogens with zero attached hydrogens (tertiary/aromatic N) is 4. The SMILES string of the molecule is NC(=O)c1nc([C@@H]2CC[C@@H]3CN2C(=O)N3OS(=O)(=O)[O-])no1.[Na+]. The fourth-order valence-corrected chi connectivity index (χ4v) is 2.95. The summed E-state index contributed by atoms with van der Waals surface area (Å²) in [6, 6.07) is -1.98. The van der Waals surface area contributed by atoms with Gasteiger partial charge in [0.15, 0.2) is 5.82 Å². The van der Waals surface area contributed by atoms with Gasteiger partial charge < -0.3 is 19.7 Å². The smallest absolute Gasteiger partial charge is 0.724 e. The Morgan fingerprint density at radius 2 is 2.13 bits per heavy atom. The molecule has 0 spiro atoms. The van der Waals surface area contributed by atoms with Crippen LogP contribution in [0.15, 0.2) is 4.52 Å². The molecule has 2 saturated heterocycles. The maximum absolute atomic E-state index is 12.1. The molecule has 1 aromatic rings. The standard InChI is InChI=1S/C9H11N5O7S.Na/c10-6(15)8-11-7(12-20-8)5-2-1-4-3-13(5)9(16)14(4)21-22(17,18)19;/h4-5H,1-3H2,(H2,10,15)(H,17,18,19);/q;+1/p-1/t4-,5+;/m1./s1. The number of carbonyl (C=O) groups is 2. The monoisotopic (exact) mass is 355 g/mol. The zero-order valence-corrected chi connectivity index (χ0v) is 14.7. The van der Waals surface area contributed by atoms with Crippen LogP contribution in [0.3, 0.4) is 0 Å². The maximum atomic E-state index is 12.1. The Balaban J connectivity index is 0.00000192. The van der Waals surface area contributed by atoms with Gasteiger partial charge in [0, 0.05) is 6.54 Å². The largest absolute Gasteiger partial charge is 1.00 e. The number of carbonyl (C=O) groups excluding carboxylic acids is 2. The summed E-state index contributed by atoms with van der Waals surface area (Å²) in [5.74, 6) is -1.21. The average Bonchev–Trinajstić information content (AvgIpc) is 2.99. The van der Waals surface area contributed by atoms with Gasteiger partial charge in [-0.15, -0.1) is 0 Å². The molecule has 0 radical (unpaired) electrons. The van der Waals surface area contributed by atoms with E-state index < -0.39 is 34.4 Å². The summed E-state index contributed by atoms with van der Waals surface area (Å²) in [6.07, 6.45) is 0.746. The summed E-state index contributed by atoms with van der Waals surface area (Å²) in [7, 11) is -5.05. The van der Waals surface area contributed by atoms with E-state index in [1.54, 1.807) is 0 Å². The van der Waals surface area contributed by atoms with Crippen LogP contribution in [0.1, 0.15) is 35.4 Å². The van der Waals surface area contributed by atoms with Crippen LogP contribution in [0.4, 0.5) is 4.79 Å². The quantitative estimate of drug-likeness (QED) is 0.317. The maximum Gasteiger partial charge on any atom is 1.00 e. The molecule has 2 bridgehead atoms. The van der Waals surface area contributed by atoms with Crippen molar-refractivity contribution >= 4 is 22.3 Å². The number of rotatable bonds is 4. The van der Waals surface area contributed by atoms with Crippen LogP contribution < -0.4 is 35.3 Å². The molecular formula is C9H10N5NaO7S. The number of hydrogen-bond acceptors (Lipinski definition) is 9. The molecule has 3 rings (SSSR count). The number of urea groups is 1. The van der Waals surface area contributed by atoms with Crippen molar-refractivity contribution in [1.29, 1.82) is 0 Å². The van der Waals surface area contributed by atoms with Crippen LogP contribution >= 0.6 is 0 Å². The van der Waals surface area contributed by atoms with E-state index in [9.17, 15) is 22.6 Å². The number of fused-ring (bicyclic) bond motifs is 2. The van der Waals surface area contributed by atoms with Crippen molar-refractivity contribution in [3.63, 3.8) is 0 Å². The molecule has 2 atom stereocenters. The average molecular weight is 355 g/mol. The summed E-state index contributed by atoms with van der Waals surface area (Å²) >= 11 is 0. The van der Waals surface area contributed by atoms with E-state index in [1.165, 1.54) is 4.90 Å². The Bertz CT molecular complexity index is 736. The summed E-state index contributed by atoms with van der Waals surface area (Å²) in [4.78, 5) is 28.1. The molecule has 2 aliphatic rings. The van der Waals surface area contributed by atoms with Crippen molar-refractivity contribution in [1.82, 2.24) is 20.1 Å². The molecule has 3 amide bonds. The third kappa shape index (κ3) is 3.49. The van der Waals surface area contributed by atoms with Crippen molar-refractivity contribution in [2.75, 3.05) is 6.54 Å². The minimum atomic E-state index is -5.05. The molecule has 120 valence electrons. The Hall–Kier alpha value is -1.25. The third-order valence-electron chi connectivity index (χ3n) is 3.45. The molecule has 0 aliphatic carbocycles. The zero-order valence-electron chi connectivity index (χ0n) is 11.9. The molecule has 12 nitrogen and oxygen atoms in total. The summed E-state index contributed by atoms with van der Waals surface area (Å²) in [5.41, 5.74) is 5.01. The van der Waals surface area contributed by atoms with Gasteiger partial charge in [-0.2, -0.15) is 14.3 Å². The molecule has 3 heterocycles. The van der Waals surface area contributed by atoms with Crippen LogP contribution in [0.2, 0.25) is 0 Å². The number of primary amides is 1. The Labute approximate surface area is 152 Å². The minimum absolute atomic E-state index is 0. The summed E-state index contributed by atoms with van der Waals surface area (Å²) < 4.78 is 40.8. The normalized spacial score (nSPS) is 23.8. The van der Waals surface area contributed by atoms with Gasteiger partial charge in [-0.25, -0.2) is 13.2 Å². The van der Waals surface area contributed by atoms with Gasteiger partial charge in [0.2, 0.25) is 10.4 Å². The fourth-order valence-electron chi connectivity index (χ4n) is 2.57. The first-order chi connectivity index (χ1) is 10.3. The Kier molecular flexibility index (Phi) is 4.98. The zero-order chi connectivity index (χ0) is 16.1. The van der Waals surface area contributed by atoms with Gasteiger partial charge >= 0.3 is 47.4 Å². The first-order valence-corrected chi connectivity index (χ1v) is 7.48. The Morgan fingerprint density at radius 3 is 2.70 bits per heavy atom. The molecule has 0 unspecified atom stereocenters. The van der Waals surface area contributed by atoms with Crippen LogP contribution in [0, 0.1) is 0 Å². The molecule has 0 aromatic carbocycles. The van der Waals surface area contributed by atoms with Gasteiger partial charge in [-0.05, 0) is 12.8 Å². The van der Waals surface area contributed by atoms with Crippen molar-refractivity contribution in [2.24, 2.45) is 5.73 Å². The van der Waals surface area contributed by atoms with E-state index in [4.69, 9.17) is 5.73 Å². The number of hydroxylamine groups is 2. The fraction of sp³-hybridized carbons (Fsp3) is 0.556. The second kappa shape index (κ2) is 6.33. The molecule has 2 N–H and O–H groups in total. The first kappa shape index (κ1) is 18.1. The first-order valence-electron chi connectivity index (χ1n) is 6.15. The molecule has 0 saturated carbocycles. The number of hydrogen-bond donors (Lipinski definition) is 1. The van der Waals surface area contributed by atoms with Gasteiger partial charge in [0.25, 0.3) is 0 Å². The van der Waals surface area contributed by atoms with E-state index in [2.05, 4.69) is 18.9 Å². The Morgan fingerprint density at radius 1 is 1.43 bits per heavy atom. The van der Waals surface area contributed by atoms with Gasteiger partial charge in [-0.1, -0.05) is 5.16 Å². The minimum Gasteiger partial charge on any atom is -0.724 e. The predicted molar refractivity (Wildman–Crippen MR) is 63.3 cm³/mol. The molecule has 2 fully saturated rings. The van der Waals surface area contributed by atoms with E-state index in [-0.39, 0.29) is 47.8 Å². The van der Waals surface area contributed by atoms with Gasteiger partial charge in [0.1, 0.15) is 0 Å². The summed E-state index contributed by atoms with van der Waals surface area (Å²) in [6.45, 7) is 0.138. The second-order valence-electron chi connectivity index (χ2n) is 4.81. The van der Waals surface area contributed by atoms with E-state index in [0.29, 0.717) is 17.9 Å². The number of piperidine rings is 1.